The largest absolute Gasteiger partial charge is 0.361 e. The van der Waals surface area contributed by atoms with Gasteiger partial charge in [-0.1, -0.05) is 13.8 Å². The SMILES string of the molecule is CC(C)C[C@@H](C)N(Cc1cncn1C(C)C)S(=O)(=O)c1ccc2[nH]ccc2c1. The molecule has 3 aromatic rings. The molecule has 0 fully saturated rings. The van der Waals surface area contributed by atoms with E-state index in [2.05, 4.69) is 37.7 Å². The average Bonchev–Trinajstić information content (AvgIpc) is 3.26. The van der Waals surface area contributed by atoms with Gasteiger partial charge in [0.1, 0.15) is 0 Å². The molecular weight excluding hydrogens is 372 g/mol. The van der Waals surface area contributed by atoms with Crippen LogP contribution in [0.15, 0.2) is 47.9 Å². The molecule has 0 saturated heterocycles. The molecule has 1 aromatic carbocycles. The Morgan fingerprint density at radius 2 is 1.89 bits per heavy atom. The molecule has 0 radical (unpaired) electrons. The zero-order valence-electron chi connectivity index (χ0n) is 17.3. The van der Waals surface area contributed by atoms with Gasteiger partial charge in [-0.05, 0) is 57.4 Å². The number of aromatic nitrogens is 3. The van der Waals surface area contributed by atoms with Gasteiger partial charge < -0.3 is 9.55 Å². The summed E-state index contributed by atoms with van der Waals surface area (Å²) in [6.45, 7) is 10.7. The van der Waals surface area contributed by atoms with Gasteiger partial charge in [0.2, 0.25) is 10.0 Å². The third kappa shape index (κ3) is 4.15. The van der Waals surface area contributed by atoms with Crippen LogP contribution in [-0.2, 0) is 16.6 Å². The number of fused-ring (bicyclic) bond motifs is 1. The molecule has 6 nitrogen and oxygen atoms in total. The van der Waals surface area contributed by atoms with Gasteiger partial charge in [-0.3, -0.25) is 0 Å². The van der Waals surface area contributed by atoms with Crippen LogP contribution in [0.1, 0.15) is 52.8 Å². The topological polar surface area (TPSA) is 71.0 Å². The number of sulfonamides is 1. The molecule has 1 N–H and O–H groups in total. The van der Waals surface area contributed by atoms with E-state index >= 15 is 0 Å². The average molecular weight is 403 g/mol. The van der Waals surface area contributed by atoms with Gasteiger partial charge in [0.15, 0.2) is 0 Å². The second kappa shape index (κ2) is 8.09. The second-order valence-corrected chi connectivity index (χ2v) is 10.0. The highest BCUT2D eigenvalue weighted by Crippen LogP contribution is 2.27. The molecule has 3 rings (SSSR count). The number of nitrogens with zero attached hydrogens (tertiary/aromatic N) is 3. The first-order valence-electron chi connectivity index (χ1n) is 9.80. The quantitative estimate of drug-likeness (QED) is 0.600. The first kappa shape index (κ1) is 20.6. The van der Waals surface area contributed by atoms with E-state index in [-0.39, 0.29) is 12.1 Å². The van der Waals surface area contributed by atoms with Crippen molar-refractivity contribution in [3.8, 4) is 0 Å². The number of hydrogen-bond acceptors (Lipinski definition) is 3. The molecule has 152 valence electrons. The van der Waals surface area contributed by atoms with Gasteiger partial charge in [-0.15, -0.1) is 0 Å². The zero-order valence-corrected chi connectivity index (χ0v) is 18.1. The number of hydrogen-bond donors (Lipinski definition) is 1. The molecule has 28 heavy (non-hydrogen) atoms. The summed E-state index contributed by atoms with van der Waals surface area (Å²) < 4.78 is 30.9. The molecule has 2 heterocycles. The molecular formula is C21H30N4O2S. The lowest BCUT2D eigenvalue weighted by Crippen LogP contribution is -2.39. The van der Waals surface area contributed by atoms with Gasteiger partial charge in [0.05, 0.1) is 23.5 Å². The van der Waals surface area contributed by atoms with Crippen LogP contribution in [0.2, 0.25) is 0 Å². The Morgan fingerprint density at radius 1 is 1.14 bits per heavy atom. The van der Waals surface area contributed by atoms with Crippen LogP contribution in [-0.4, -0.2) is 33.3 Å². The van der Waals surface area contributed by atoms with Crippen LogP contribution in [0.4, 0.5) is 0 Å². The van der Waals surface area contributed by atoms with Gasteiger partial charge in [-0.25, -0.2) is 13.4 Å². The number of rotatable bonds is 8. The summed E-state index contributed by atoms with van der Waals surface area (Å²) in [6.07, 6.45) is 6.15. The van der Waals surface area contributed by atoms with Crippen molar-refractivity contribution in [1.29, 1.82) is 0 Å². The normalized spacial score (nSPS) is 13.9. The lowest BCUT2D eigenvalue weighted by atomic mass is 10.1. The summed E-state index contributed by atoms with van der Waals surface area (Å²) in [7, 11) is -3.66. The summed E-state index contributed by atoms with van der Waals surface area (Å²) in [4.78, 5) is 7.68. The third-order valence-corrected chi connectivity index (χ3v) is 7.01. The van der Waals surface area contributed by atoms with Crippen LogP contribution >= 0.6 is 0 Å². The second-order valence-electron chi connectivity index (χ2n) is 8.14. The number of H-pyrrole nitrogens is 1. The fraction of sp³-hybridized carbons (Fsp3) is 0.476. The lowest BCUT2D eigenvalue weighted by Gasteiger charge is -2.30. The Hall–Kier alpha value is -2.12. The molecule has 7 heteroatoms. The number of aromatic amines is 1. The Labute approximate surface area is 167 Å². The summed E-state index contributed by atoms with van der Waals surface area (Å²) in [5, 5.41) is 0.893. The molecule has 0 saturated carbocycles. The summed E-state index contributed by atoms with van der Waals surface area (Å²) in [5.41, 5.74) is 1.83. The molecule has 0 aliphatic carbocycles. The molecule has 0 amide bonds. The third-order valence-electron chi connectivity index (χ3n) is 5.06. The first-order valence-corrected chi connectivity index (χ1v) is 11.2. The van der Waals surface area contributed by atoms with E-state index in [0.717, 1.165) is 23.0 Å². The molecule has 0 bridgehead atoms. The van der Waals surface area contributed by atoms with Gasteiger partial charge in [0.25, 0.3) is 0 Å². The molecule has 0 aliphatic heterocycles. The minimum Gasteiger partial charge on any atom is -0.361 e. The number of imidazole rings is 1. The van der Waals surface area contributed by atoms with Gasteiger partial charge in [0, 0.05) is 35.4 Å². The Kier molecular flexibility index (Phi) is 5.95. The van der Waals surface area contributed by atoms with Crippen LogP contribution in [0.5, 0.6) is 0 Å². The maximum atomic E-state index is 13.6. The highest BCUT2D eigenvalue weighted by molar-refractivity contribution is 7.89. The number of benzene rings is 1. The molecule has 2 aromatic heterocycles. The van der Waals surface area contributed by atoms with Crippen molar-refractivity contribution in [1.82, 2.24) is 18.8 Å². The van der Waals surface area contributed by atoms with Crippen LogP contribution in [0, 0.1) is 5.92 Å². The van der Waals surface area contributed by atoms with Gasteiger partial charge in [-0.2, -0.15) is 4.31 Å². The lowest BCUT2D eigenvalue weighted by molar-refractivity contribution is 0.284. The smallest absolute Gasteiger partial charge is 0.243 e. The van der Waals surface area contributed by atoms with E-state index in [1.807, 2.05) is 29.8 Å². The van der Waals surface area contributed by atoms with E-state index in [9.17, 15) is 8.42 Å². The van der Waals surface area contributed by atoms with Crippen molar-refractivity contribution in [3.05, 3.63) is 48.7 Å². The monoisotopic (exact) mass is 402 g/mol. The van der Waals surface area contributed by atoms with E-state index < -0.39 is 10.0 Å². The highest BCUT2D eigenvalue weighted by Gasteiger charge is 2.31. The minimum atomic E-state index is -3.66. The van der Waals surface area contributed by atoms with Crippen molar-refractivity contribution in [2.75, 3.05) is 0 Å². The predicted molar refractivity (Wildman–Crippen MR) is 113 cm³/mol. The highest BCUT2D eigenvalue weighted by atomic mass is 32.2. The van der Waals surface area contributed by atoms with Crippen molar-refractivity contribution in [2.45, 2.75) is 64.6 Å². The maximum absolute atomic E-state index is 13.6. The Morgan fingerprint density at radius 3 is 2.57 bits per heavy atom. The van der Waals surface area contributed by atoms with E-state index in [0.29, 0.717) is 17.4 Å². The fourth-order valence-electron chi connectivity index (χ4n) is 3.68. The van der Waals surface area contributed by atoms with Crippen molar-refractivity contribution in [2.24, 2.45) is 5.92 Å². The van der Waals surface area contributed by atoms with E-state index in [1.54, 1.807) is 29.0 Å². The summed E-state index contributed by atoms with van der Waals surface area (Å²) in [5.74, 6) is 0.398. The van der Waals surface area contributed by atoms with Gasteiger partial charge >= 0.3 is 0 Å². The zero-order chi connectivity index (χ0) is 20.5. The molecule has 0 aliphatic rings. The maximum Gasteiger partial charge on any atom is 0.243 e. The van der Waals surface area contributed by atoms with Crippen LogP contribution in [0.3, 0.4) is 0 Å². The molecule has 0 unspecified atom stereocenters. The van der Waals surface area contributed by atoms with Crippen molar-refractivity contribution >= 4 is 20.9 Å². The summed E-state index contributed by atoms with van der Waals surface area (Å²) in [6, 6.07) is 7.25. The van der Waals surface area contributed by atoms with Crippen LogP contribution in [0.25, 0.3) is 10.9 Å². The number of nitrogens with one attached hydrogen (secondary N) is 1. The van der Waals surface area contributed by atoms with Crippen LogP contribution < -0.4 is 0 Å². The fourth-order valence-corrected chi connectivity index (χ4v) is 5.33. The molecule has 0 spiro atoms. The van der Waals surface area contributed by atoms with E-state index in [4.69, 9.17) is 0 Å². The Balaban J connectivity index is 2.02. The molecule has 1 atom stereocenters. The van der Waals surface area contributed by atoms with Crippen molar-refractivity contribution < 1.29 is 8.42 Å². The van der Waals surface area contributed by atoms with Crippen molar-refractivity contribution in [3.63, 3.8) is 0 Å². The first-order chi connectivity index (χ1) is 13.2. The van der Waals surface area contributed by atoms with E-state index in [1.165, 1.54) is 0 Å². The summed E-state index contributed by atoms with van der Waals surface area (Å²) >= 11 is 0. The standard InChI is InChI=1S/C21H30N4O2S/c1-15(2)10-17(5)25(13-19-12-22-14-24(19)16(3)4)28(26,27)20-6-7-21-18(11-20)8-9-23-21/h6-9,11-12,14-17,23H,10,13H2,1-5H3/t17-/m1/s1. The predicted octanol–water partition coefficient (Wildman–Crippen LogP) is 4.57. The Bertz CT molecular complexity index is 1030. The minimum absolute atomic E-state index is 0.123.